The van der Waals surface area contributed by atoms with Crippen LogP contribution in [0.4, 0.5) is 10.5 Å². The number of carbonyl (C=O) groups is 3. The molecule has 1 fully saturated rings. The number of para-hydroxylation sites is 1. The van der Waals surface area contributed by atoms with Crippen LogP contribution < -0.4 is 10.6 Å². The smallest absolute Gasteiger partial charge is 0.322 e. The summed E-state index contributed by atoms with van der Waals surface area (Å²) in [5.74, 6) is -0.621. The molecule has 3 aromatic carbocycles. The zero-order valence-corrected chi connectivity index (χ0v) is 17.3. The van der Waals surface area contributed by atoms with Crippen molar-refractivity contribution in [2.45, 2.75) is 19.0 Å². The number of urea groups is 1. The predicted octanol–water partition coefficient (Wildman–Crippen LogP) is 3.78. The highest BCUT2D eigenvalue weighted by Crippen LogP contribution is 2.30. The van der Waals surface area contributed by atoms with Crippen LogP contribution in [0.2, 0.25) is 0 Å². The topological polar surface area (TPSA) is 102 Å². The van der Waals surface area contributed by atoms with Gasteiger partial charge in [0.1, 0.15) is 5.54 Å². The van der Waals surface area contributed by atoms with Gasteiger partial charge in [-0.1, -0.05) is 42.5 Å². The molecular formula is C25H20N4O3. The Morgan fingerprint density at radius 3 is 2.28 bits per heavy atom. The van der Waals surface area contributed by atoms with Gasteiger partial charge in [-0.2, -0.15) is 5.26 Å². The summed E-state index contributed by atoms with van der Waals surface area (Å²) in [6, 6.07) is 24.0. The second-order valence-electron chi connectivity index (χ2n) is 7.65. The van der Waals surface area contributed by atoms with Crippen LogP contribution in [0, 0.1) is 11.3 Å². The molecule has 0 aliphatic carbocycles. The minimum Gasteiger partial charge on any atom is -0.322 e. The van der Waals surface area contributed by atoms with E-state index in [9.17, 15) is 14.4 Å². The average Bonchev–Trinajstić information content (AvgIpc) is 3.04. The molecule has 4 rings (SSSR count). The van der Waals surface area contributed by atoms with Crippen molar-refractivity contribution in [3.63, 3.8) is 0 Å². The maximum atomic E-state index is 13.1. The third-order valence-electron chi connectivity index (χ3n) is 5.45. The number of rotatable bonds is 5. The van der Waals surface area contributed by atoms with Gasteiger partial charge in [-0.15, -0.1) is 0 Å². The summed E-state index contributed by atoms with van der Waals surface area (Å²) in [4.78, 5) is 39.2. The lowest BCUT2D eigenvalue weighted by atomic mass is 9.91. The van der Waals surface area contributed by atoms with E-state index in [4.69, 9.17) is 5.26 Å². The number of amides is 4. The highest BCUT2D eigenvalue weighted by Gasteiger charge is 2.48. The van der Waals surface area contributed by atoms with Crippen molar-refractivity contribution >= 4 is 23.5 Å². The minimum absolute atomic E-state index is 0.0805. The van der Waals surface area contributed by atoms with E-state index in [2.05, 4.69) is 10.6 Å². The summed E-state index contributed by atoms with van der Waals surface area (Å²) in [5.41, 5.74) is 1.75. The Morgan fingerprint density at radius 1 is 1.00 bits per heavy atom. The summed E-state index contributed by atoms with van der Waals surface area (Å²) in [6.07, 6.45) is 0. The highest BCUT2D eigenvalue weighted by atomic mass is 16.2. The molecule has 158 valence electrons. The Hall–Kier alpha value is -4.44. The molecular weight excluding hydrogens is 404 g/mol. The fourth-order valence-electron chi connectivity index (χ4n) is 3.58. The molecule has 0 aromatic heterocycles. The first-order valence-electron chi connectivity index (χ1n) is 10.0. The molecule has 4 amide bonds. The highest BCUT2D eigenvalue weighted by molar-refractivity contribution is 6.07. The lowest BCUT2D eigenvalue weighted by Gasteiger charge is -2.22. The van der Waals surface area contributed by atoms with E-state index >= 15 is 0 Å². The molecule has 32 heavy (non-hydrogen) atoms. The van der Waals surface area contributed by atoms with Gasteiger partial charge in [0.15, 0.2) is 0 Å². The van der Waals surface area contributed by atoms with Gasteiger partial charge in [-0.25, -0.2) is 4.79 Å². The zero-order valence-electron chi connectivity index (χ0n) is 17.3. The number of nitrogens with zero attached hydrogens (tertiary/aromatic N) is 2. The van der Waals surface area contributed by atoms with Gasteiger partial charge in [0.25, 0.3) is 11.8 Å². The predicted molar refractivity (Wildman–Crippen MR) is 118 cm³/mol. The Labute approximate surface area is 185 Å². The number of hydrogen-bond acceptors (Lipinski definition) is 4. The van der Waals surface area contributed by atoms with Crippen molar-refractivity contribution in [2.75, 3.05) is 5.32 Å². The number of carbonyl (C=O) groups excluding carboxylic acids is 3. The van der Waals surface area contributed by atoms with Gasteiger partial charge in [0.05, 0.1) is 18.2 Å². The first-order chi connectivity index (χ1) is 15.4. The minimum atomic E-state index is -1.21. The van der Waals surface area contributed by atoms with Crippen molar-refractivity contribution in [3.05, 3.63) is 101 Å². The molecule has 1 heterocycles. The Morgan fingerprint density at radius 2 is 1.66 bits per heavy atom. The average molecular weight is 424 g/mol. The molecule has 7 nitrogen and oxygen atoms in total. The molecule has 0 bridgehead atoms. The molecule has 1 unspecified atom stereocenters. The van der Waals surface area contributed by atoms with Gasteiger partial charge < -0.3 is 10.6 Å². The molecule has 7 heteroatoms. The Balaban J connectivity index is 1.46. The number of benzene rings is 3. The van der Waals surface area contributed by atoms with Crippen molar-refractivity contribution < 1.29 is 14.4 Å². The molecule has 1 aliphatic rings. The van der Waals surface area contributed by atoms with Crippen LogP contribution in [0.3, 0.4) is 0 Å². The van der Waals surface area contributed by atoms with E-state index in [0.717, 1.165) is 4.90 Å². The van der Waals surface area contributed by atoms with Crippen LogP contribution in [-0.4, -0.2) is 22.7 Å². The van der Waals surface area contributed by atoms with Gasteiger partial charge in [0, 0.05) is 11.3 Å². The molecule has 1 aliphatic heterocycles. The Kier molecular flexibility index (Phi) is 5.44. The molecule has 1 saturated heterocycles. The fourth-order valence-corrected chi connectivity index (χ4v) is 3.58. The van der Waals surface area contributed by atoms with Crippen LogP contribution in [0.1, 0.15) is 34.0 Å². The van der Waals surface area contributed by atoms with Gasteiger partial charge >= 0.3 is 6.03 Å². The number of nitrogens with one attached hydrogen (secondary N) is 2. The van der Waals surface area contributed by atoms with E-state index < -0.39 is 11.6 Å². The quantitative estimate of drug-likeness (QED) is 0.609. The van der Waals surface area contributed by atoms with Gasteiger partial charge in [-0.3, -0.25) is 14.5 Å². The summed E-state index contributed by atoms with van der Waals surface area (Å²) >= 11 is 0. The normalized spacial score (nSPS) is 17.6. The Bertz CT molecular complexity index is 1210. The second kappa shape index (κ2) is 8.36. The van der Waals surface area contributed by atoms with Crippen molar-refractivity contribution in [2.24, 2.45) is 0 Å². The van der Waals surface area contributed by atoms with Crippen LogP contribution in [0.25, 0.3) is 0 Å². The third kappa shape index (κ3) is 3.94. The number of hydrogen-bond donors (Lipinski definition) is 2. The maximum absolute atomic E-state index is 13.1. The lowest BCUT2D eigenvalue weighted by molar-refractivity contribution is -0.131. The van der Waals surface area contributed by atoms with Crippen molar-refractivity contribution in [1.29, 1.82) is 5.26 Å². The first kappa shape index (κ1) is 20.8. The van der Waals surface area contributed by atoms with Crippen LogP contribution in [0.5, 0.6) is 0 Å². The van der Waals surface area contributed by atoms with E-state index in [1.807, 2.05) is 24.3 Å². The number of imide groups is 1. The third-order valence-corrected chi connectivity index (χ3v) is 5.45. The van der Waals surface area contributed by atoms with Crippen LogP contribution >= 0.6 is 0 Å². The second-order valence-corrected chi connectivity index (χ2v) is 7.65. The molecule has 3 aromatic rings. The molecule has 2 N–H and O–H groups in total. The standard InChI is InChI=1S/C25H20N4O3/c1-25(20-13-9-17(15-26)10-14-20)23(31)29(24(32)28-25)16-18-7-11-19(12-8-18)22(30)27-21-5-3-2-4-6-21/h2-14H,16H2,1H3,(H,27,30)(H,28,32). The van der Waals surface area contributed by atoms with Crippen LogP contribution in [0.15, 0.2) is 78.9 Å². The van der Waals surface area contributed by atoms with Crippen molar-refractivity contribution in [1.82, 2.24) is 10.2 Å². The molecule has 0 spiro atoms. The molecule has 1 atom stereocenters. The lowest BCUT2D eigenvalue weighted by Crippen LogP contribution is -2.40. The summed E-state index contributed by atoms with van der Waals surface area (Å²) < 4.78 is 0. The van der Waals surface area contributed by atoms with Gasteiger partial charge in [-0.05, 0) is 54.4 Å². The fraction of sp³-hybridized carbons (Fsp3) is 0.120. The SMILES string of the molecule is CC1(c2ccc(C#N)cc2)NC(=O)N(Cc2ccc(C(=O)Nc3ccccc3)cc2)C1=O. The molecule has 0 saturated carbocycles. The van der Waals surface area contributed by atoms with E-state index in [1.165, 1.54) is 0 Å². The van der Waals surface area contributed by atoms with E-state index in [-0.39, 0.29) is 18.4 Å². The summed E-state index contributed by atoms with van der Waals surface area (Å²) in [7, 11) is 0. The van der Waals surface area contributed by atoms with Gasteiger partial charge in [0.2, 0.25) is 0 Å². The number of nitriles is 1. The summed E-state index contributed by atoms with van der Waals surface area (Å²) in [6.45, 7) is 1.72. The first-order valence-corrected chi connectivity index (χ1v) is 10.0. The van der Waals surface area contributed by atoms with E-state index in [0.29, 0.717) is 27.9 Å². The maximum Gasteiger partial charge on any atom is 0.325 e. The number of anilines is 1. The van der Waals surface area contributed by atoms with Crippen molar-refractivity contribution in [3.8, 4) is 6.07 Å². The van der Waals surface area contributed by atoms with E-state index in [1.54, 1.807) is 67.6 Å². The zero-order chi connectivity index (χ0) is 22.7. The largest absolute Gasteiger partial charge is 0.325 e. The molecule has 0 radical (unpaired) electrons. The summed E-state index contributed by atoms with van der Waals surface area (Å²) in [5, 5.41) is 14.5. The van der Waals surface area contributed by atoms with Crippen LogP contribution in [-0.2, 0) is 16.9 Å². The monoisotopic (exact) mass is 424 g/mol.